The highest BCUT2D eigenvalue weighted by Gasteiger charge is 2.45. The lowest BCUT2D eigenvalue weighted by Gasteiger charge is -2.47. The van der Waals surface area contributed by atoms with Crippen LogP contribution in [0, 0.1) is 23.7 Å². The molecule has 2 heterocycles. The van der Waals surface area contributed by atoms with Gasteiger partial charge in [-0.1, -0.05) is 57.0 Å². The predicted octanol–water partition coefficient (Wildman–Crippen LogP) is 5.81. The molecule has 6 heteroatoms. The Hall–Kier alpha value is -2.18. The van der Waals surface area contributed by atoms with Crippen LogP contribution in [0.15, 0.2) is 42.7 Å². The largest absolute Gasteiger partial charge is 0.373 e. The molecule has 1 aliphatic heterocycles. The second-order valence-corrected chi connectivity index (χ2v) is 12.3. The Labute approximate surface area is 229 Å². The number of hydrogen-bond acceptors (Lipinski definition) is 4. The van der Waals surface area contributed by atoms with Gasteiger partial charge in [0.25, 0.3) is 0 Å². The summed E-state index contributed by atoms with van der Waals surface area (Å²) in [6, 6.07) is 11.3. The van der Waals surface area contributed by atoms with Gasteiger partial charge in [-0.3, -0.25) is 9.48 Å². The number of carbonyl (C=O) groups is 1. The van der Waals surface area contributed by atoms with E-state index in [1.54, 1.807) is 0 Å². The minimum absolute atomic E-state index is 0.112. The molecule has 0 radical (unpaired) electrons. The summed E-state index contributed by atoms with van der Waals surface area (Å²) in [5.41, 5.74) is 2.38. The standard InChI is InChI=1S/C32H48N4O2/c1-4-35-20-25(18-34-35)21-36(26-16-17-30(23(2)3)33-19-26)32(37)29-14-8-13-28-27(29)12-9-15-31(28)38-22-24-10-6-5-7-11-24/h5-7,10-11,18,20,23,26-31,33H,4,8-9,12-17,19,21-22H2,1-3H3/t26?,27?,28?,29-,30?,31?/m0/s1. The number of nitrogens with one attached hydrogen (secondary N) is 1. The number of nitrogens with zero attached hydrogens (tertiary/aromatic N) is 3. The van der Waals surface area contributed by atoms with Gasteiger partial charge >= 0.3 is 0 Å². The molecule has 3 aliphatic rings. The summed E-state index contributed by atoms with van der Waals surface area (Å²) < 4.78 is 8.51. The lowest BCUT2D eigenvalue weighted by molar-refractivity contribution is -0.148. The SMILES string of the molecule is CCn1cc(CN(C(=O)[C@H]2CCCC3C(OCc4ccccc4)CCCC32)C2CCC(C(C)C)NC2)cn1. The maximum atomic E-state index is 14.5. The third kappa shape index (κ3) is 6.34. The van der Waals surface area contributed by atoms with Gasteiger partial charge < -0.3 is 15.0 Å². The highest BCUT2D eigenvalue weighted by Crippen LogP contribution is 2.46. The first-order chi connectivity index (χ1) is 18.5. The molecule has 2 aliphatic carbocycles. The van der Waals surface area contributed by atoms with Crippen molar-refractivity contribution in [2.24, 2.45) is 23.7 Å². The molecule has 3 fully saturated rings. The number of ether oxygens (including phenoxy) is 1. The highest BCUT2D eigenvalue weighted by atomic mass is 16.5. The molecule has 2 aromatic rings. The Morgan fingerprint density at radius 2 is 1.84 bits per heavy atom. The number of piperidine rings is 1. The van der Waals surface area contributed by atoms with Crippen LogP contribution < -0.4 is 5.32 Å². The summed E-state index contributed by atoms with van der Waals surface area (Å²) in [4.78, 5) is 16.7. The second-order valence-electron chi connectivity index (χ2n) is 12.3. The van der Waals surface area contributed by atoms with Crippen LogP contribution in [-0.2, 0) is 29.2 Å². The van der Waals surface area contributed by atoms with Crippen molar-refractivity contribution in [3.05, 3.63) is 53.9 Å². The van der Waals surface area contributed by atoms with E-state index >= 15 is 0 Å². The van der Waals surface area contributed by atoms with Gasteiger partial charge in [-0.2, -0.15) is 5.10 Å². The molecule has 5 unspecified atom stereocenters. The number of aromatic nitrogens is 2. The fraction of sp³-hybridized carbons (Fsp3) is 0.688. The number of aryl methyl sites for hydroxylation is 1. The molecule has 6 nitrogen and oxygen atoms in total. The Morgan fingerprint density at radius 1 is 1.05 bits per heavy atom. The van der Waals surface area contributed by atoms with Crippen molar-refractivity contribution >= 4 is 5.91 Å². The van der Waals surface area contributed by atoms with Gasteiger partial charge in [0.2, 0.25) is 5.91 Å². The fourth-order valence-corrected chi connectivity index (χ4v) is 7.39. The molecule has 1 N–H and O–H groups in total. The zero-order chi connectivity index (χ0) is 26.5. The molecule has 2 saturated carbocycles. The van der Waals surface area contributed by atoms with Crippen molar-refractivity contribution in [2.75, 3.05) is 6.54 Å². The Kier molecular flexibility index (Phi) is 9.21. The summed E-state index contributed by atoms with van der Waals surface area (Å²) in [7, 11) is 0. The van der Waals surface area contributed by atoms with Crippen LogP contribution >= 0.6 is 0 Å². The van der Waals surface area contributed by atoms with Gasteiger partial charge in [0.15, 0.2) is 0 Å². The van der Waals surface area contributed by atoms with Gasteiger partial charge in [0, 0.05) is 49.4 Å². The van der Waals surface area contributed by atoms with Crippen LogP contribution in [0.3, 0.4) is 0 Å². The lowest BCUT2D eigenvalue weighted by Crippen LogP contribution is -2.55. The molecule has 1 aromatic heterocycles. The van der Waals surface area contributed by atoms with Gasteiger partial charge in [0.1, 0.15) is 0 Å². The molecular formula is C32H48N4O2. The van der Waals surface area contributed by atoms with Crippen molar-refractivity contribution in [1.29, 1.82) is 0 Å². The van der Waals surface area contributed by atoms with E-state index in [-0.39, 0.29) is 18.1 Å². The highest BCUT2D eigenvalue weighted by molar-refractivity contribution is 5.79. The van der Waals surface area contributed by atoms with Crippen LogP contribution in [-0.4, -0.2) is 45.3 Å². The van der Waals surface area contributed by atoms with Crippen molar-refractivity contribution in [3.8, 4) is 0 Å². The summed E-state index contributed by atoms with van der Waals surface area (Å²) >= 11 is 0. The molecule has 6 atom stereocenters. The monoisotopic (exact) mass is 520 g/mol. The summed E-state index contributed by atoms with van der Waals surface area (Å²) in [6.07, 6.45) is 13.3. The number of amides is 1. The number of benzene rings is 1. The number of hydrogen-bond donors (Lipinski definition) is 1. The summed E-state index contributed by atoms with van der Waals surface area (Å²) in [6.45, 7) is 9.78. The second kappa shape index (κ2) is 12.8. The third-order valence-corrected chi connectivity index (χ3v) is 9.57. The van der Waals surface area contributed by atoms with E-state index in [0.29, 0.717) is 42.9 Å². The van der Waals surface area contributed by atoms with Gasteiger partial charge in [-0.15, -0.1) is 0 Å². The molecule has 1 aromatic carbocycles. The normalized spacial score (nSPS) is 29.7. The minimum atomic E-state index is 0.112. The van der Waals surface area contributed by atoms with Crippen LogP contribution in [0.25, 0.3) is 0 Å². The fourth-order valence-electron chi connectivity index (χ4n) is 7.39. The summed E-state index contributed by atoms with van der Waals surface area (Å²) in [5.74, 6) is 2.04. The average Bonchev–Trinajstić information content (AvgIpc) is 3.42. The van der Waals surface area contributed by atoms with Crippen molar-refractivity contribution in [1.82, 2.24) is 20.0 Å². The zero-order valence-electron chi connectivity index (χ0n) is 23.7. The van der Waals surface area contributed by atoms with Crippen molar-refractivity contribution in [2.45, 2.75) is 110 Å². The predicted molar refractivity (Wildman–Crippen MR) is 151 cm³/mol. The molecule has 0 spiro atoms. The minimum Gasteiger partial charge on any atom is -0.373 e. The molecule has 0 bridgehead atoms. The Balaban J connectivity index is 1.31. The zero-order valence-corrected chi connectivity index (χ0v) is 23.7. The van der Waals surface area contributed by atoms with E-state index in [1.807, 2.05) is 10.9 Å². The van der Waals surface area contributed by atoms with Gasteiger partial charge in [-0.05, 0) is 68.8 Å². The van der Waals surface area contributed by atoms with Gasteiger partial charge in [0.05, 0.1) is 18.9 Å². The Morgan fingerprint density at radius 3 is 2.55 bits per heavy atom. The molecule has 5 rings (SSSR count). The molecule has 1 amide bonds. The molecule has 208 valence electrons. The van der Waals surface area contributed by atoms with E-state index in [0.717, 1.165) is 63.6 Å². The maximum absolute atomic E-state index is 14.5. The topological polar surface area (TPSA) is 59.4 Å². The van der Waals surface area contributed by atoms with Crippen molar-refractivity contribution < 1.29 is 9.53 Å². The first-order valence-electron chi connectivity index (χ1n) is 15.2. The van der Waals surface area contributed by atoms with Crippen LogP contribution in [0.1, 0.15) is 83.3 Å². The number of fused-ring (bicyclic) bond motifs is 1. The van der Waals surface area contributed by atoms with Gasteiger partial charge in [-0.25, -0.2) is 0 Å². The first kappa shape index (κ1) is 27.4. The van der Waals surface area contributed by atoms with Crippen molar-refractivity contribution in [3.63, 3.8) is 0 Å². The van der Waals surface area contributed by atoms with E-state index in [2.05, 4.69) is 72.6 Å². The quantitative estimate of drug-likeness (QED) is 0.453. The van der Waals surface area contributed by atoms with E-state index < -0.39 is 0 Å². The van der Waals surface area contributed by atoms with E-state index in [1.165, 1.54) is 12.0 Å². The summed E-state index contributed by atoms with van der Waals surface area (Å²) in [5, 5.41) is 8.28. The first-order valence-corrected chi connectivity index (χ1v) is 15.2. The van der Waals surface area contributed by atoms with Crippen LogP contribution in [0.5, 0.6) is 0 Å². The molecule has 1 saturated heterocycles. The number of rotatable bonds is 9. The van der Waals surface area contributed by atoms with Crippen LogP contribution in [0.4, 0.5) is 0 Å². The smallest absolute Gasteiger partial charge is 0.226 e. The van der Waals surface area contributed by atoms with E-state index in [9.17, 15) is 4.79 Å². The molecular weight excluding hydrogens is 472 g/mol. The van der Waals surface area contributed by atoms with Crippen LogP contribution in [0.2, 0.25) is 0 Å². The van der Waals surface area contributed by atoms with E-state index in [4.69, 9.17) is 4.74 Å². The lowest BCUT2D eigenvalue weighted by atomic mass is 9.64. The Bertz CT molecular complexity index is 1010. The third-order valence-electron chi connectivity index (χ3n) is 9.57. The average molecular weight is 521 g/mol. The molecule has 38 heavy (non-hydrogen) atoms. The number of carbonyl (C=O) groups excluding carboxylic acids is 1. The maximum Gasteiger partial charge on any atom is 0.226 e.